The van der Waals surface area contributed by atoms with E-state index in [1.807, 2.05) is 0 Å². The molecule has 116 valence electrons. The first kappa shape index (κ1) is 17.5. The third-order valence-corrected chi connectivity index (χ3v) is 4.30. The fraction of sp³-hybridized carbons (Fsp3) is 0.333. The van der Waals surface area contributed by atoms with Crippen LogP contribution in [0.1, 0.15) is 13.8 Å². The van der Waals surface area contributed by atoms with Gasteiger partial charge in [0, 0.05) is 31.8 Å². The number of hydrogen-bond donors (Lipinski definition) is 2. The molecule has 0 spiro atoms. The van der Waals surface area contributed by atoms with Crippen LogP contribution in [0.3, 0.4) is 0 Å². The number of hydrogen-bond acceptors (Lipinski definition) is 6. The van der Waals surface area contributed by atoms with E-state index in [9.17, 15) is 18.0 Å². The van der Waals surface area contributed by atoms with E-state index in [4.69, 9.17) is 0 Å². The first-order chi connectivity index (χ1) is 9.81. The first-order valence-electron chi connectivity index (χ1n) is 5.98. The summed E-state index contributed by atoms with van der Waals surface area (Å²) in [6, 6.07) is 5.92. The third-order valence-electron chi connectivity index (χ3n) is 2.12. The van der Waals surface area contributed by atoms with Crippen molar-refractivity contribution in [2.24, 2.45) is 0 Å². The fourth-order valence-corrected chi connectivity index (χ4v) is 3.01. The molecule has 1 aromatic carbocycles. The minimum atomic E-state index is -3.67. The Balaban J connectivity index is 2.61. The van der Waals surface area contributed by atoms with Crippen LogP contribution in [0.25, 0.3) is 0 Å². The molecule has 0 atom stereocenters. The van der Waals surface area contributed by atoms with Gasteiger partial charge in [-0.05, 0) is 18.2 Å². The van der Waals surface area contributed by atoms with Gasteiger partial charge >= 0.3 is 5.97 Å². The van der Waals surface area contributed by atoms with E-state index in [0.717, 1.165) is 12.0 Å². The van der Waals surface area contributed by atoms with Gasteiger partial charge in [-0.2, -0.15) is 0 Å². The number of carbonyl (C=O) groups excluding carboxylic acids is 2. The Bertz CT molecular complexity index is 616. The number of carbonyl (C=O) groups is 2. The lowest BCUT2D eigenvalue weighted by molar-refractivity contribution is -0.130. The lowest BCUT2D eigenvalue weighted by Crippen LogP contribution is -2.26. The van der Waals surface area contributed by atoms with Crippen molar-refractivity contribution in [3.63, 3.8) is 0 Å². The van der Waals surface area contributed by atoms with E-state index in [1.54, 1.807) is 6.07 Å². The van der Waals surface area contributed by atoms with Gasteiger partial charge in [-0.1, -0.05) is 6.07 Å². The summed E-state index contributed by atoms with van der Waals surface area (Å²) in [5.41, 5.74) is 0.402. The number of sulfonamides is 1. The second-order valence-corrected chi connectivity index (χ2v) is 6.58. The topological polar surface area (TPSA) is 102 Å². The van der Waals surface area contributed by atoms with Gasteiger partial charge in [-0.15, -0.1) is 0 Å². The Morgan fingerprint density at radius 3 is 2.62 bits per heavy atom. The van der Waals surface area contributed by atoms with Gasteiger partial charge in [0.2, 0.25) is 15.9 Å². The molecule has 0 saturated heterocycles. The van der Waals surface area contributed by atoms with Crippen molar-refractivity contribution in [2.75, 3.05) is 17.6 Å². The summed E-state index contributed by atoms with van der Waals surface area (Å²) in [5, 5.41) is 2.51. The van der Waals surface area contributed by atoms with E-state index >= 15 is 0 Å². The Hall–Kier alpha value is -1.58. The summed E-state index contributed by atoms with van der Waals surface area (Å²) in [6.07, 6.45) is 0. The summed E-state index contributed by atoms with van der Waals surface area (Å²) in [4.78, 5) is 21.5. The monoisotopic (exact) mass is 332 g/mol. The first-order valence-corrected chi connectivity index (χ1v) is 8.38. The maximum Gasteiger partial charge on any atom is 0.314 e. The predicted octanol–water partition coefficient (Wildman–Crippen LogP) is 1.13. The molecule has 0 aliphatic heterocycles. The van der Waals surface area contributed by atoms with Crippen LogP contribution in [-0.4, -0.2) is 32.6 Å². The normalized spacial score (nSPS) is 11.0. The van der Waals surface area contributed by atoms with E-state index in [1.165, 1.54) is 32.0 Å². The molecular formula is C12H16N2O5S2. The van der Waals surface area contributed by atoms with E-state index in [2.05, 4.69) is 14.2 Å². The molecule has 2 N–H and O–H groups in total. The van der Waals surface area contributed by atoms with E-state index < -0.39 is 16.0 Å². The Morgan fingerprint density at radius 1 is 1.29 bits per heavy atom. The Labute approximate surface area is 127 Å². The average molecular weight is 332 g/mol. The molecule has 0 saturated carbocycles. The predicted molar refractivity (Wildman–Crippen MR) is 80.2 cm³/mol. The van der Waals surface area contributed by atoms with Crippen molar-refractivity contribution in [1.82, 2.24) is 4.72 Å². The zero-order valence-electron chi connectivity index (χ0n) is 11.6. The molecule has 0 aliphatic rings. The minimum absolute atomic E-state index is 0.0474. The molecule has 0 fully saturated rings. The van der Waals surface area contributed by atoms with Crippen LogP contribution in [0.5, 0.6) is 0 Å². The Kier molecular flexibility index (Phi) is 6.66. The molecular weight excluding hydrogens is 316 g/mol. The van der Waals surface area contributed by atoms with Crippen molar-refractivity contribution in [3.8, 4) is 0 Å². The fourth-order valence-electron chi connectivity index (χ4n) is 1.37. The molecule has 1 rings (SSSR count). The summed E-state index contributed by atoms with van der Waals surface area (Å²) in [6.45, 7) is 2.72. The van der Waals surface area contributed by atoms with Crippen LogP contribution >= 0.6 is 12.0 Å². The van der Waals surface area contributed by atoms with Crippen LogP contribution < -0.4 is 10.0 Å². The zero-order valence-corrected chi connectivity index (χ0v) is 13.2. The molecule has 0 heterocycles. The van der Waals surface area contributed by atoms with Gasteiger partial charge in [0.05, 0.1) is 16.9 Å². The van der Waals surface area contributed by atoms with Crippen LogP contribution in [0.4, 0.5) is 5.69 Å². The summed E-state index contributed by atoms with van der Waals surface area (Å²) in [5.74, 6) is -0.425. The molecule has 1 aromatic rings. The smallest absolute Gasteiger partial charge is 0.314 e. The highest BCUT2D eigenvalue weighted by Gasteiger charge is 2.14. The van der Waals surface area contributed by atoms with E-state index in [0.29, 0.717) is 11.4 Å². The third kappa shape index (κ3) is 6.61. The maximum absolute atomic E-state index is 12.0. The van der Waals surface area contributed by atoms with Gasteiger partial charge in [0.15, 0.2) is 0 Å². The lowest BCUT2D eigenvalue weighted by Gasteiger charge is -2.08. The number of nitrogens with one attached hydrogen (secondary N) is 2. The van der Waals surface area contributed by atoms with Gasteiger partial charge in [-0.25, -0.2) is 13.1 Å². The molecule has 21 heavy (non-hydrogen) atoms. The number of benzene rings is 1. The lowest BCUT2D eigenvalue weighted by atomic mass is 10.3. The zero-order chi connectivity index (χ0) is 15.9. The second kappa shape index (κ2) is 8.01. The maximum atomic E-state index is 12.0. The van der Waals surface area contributed by atoms with Crippen molar-refractivity contribution in [2.45, 2.75) is 18.7 Å². The number of rotatable bonds is 7. The Morgan fingerprint density at radius 2 is 2.00 bits per heavy atom. The molecule has 1 amide bonds. The SMILES string of the molecule is CC(=O)Nc1cccc(S(=O)(=O)NCCSOC(C)=O)c1. The van der Waals surface area contributed by atoms with Crippen LogP contribution in [0, 0.1) is 0 Å². The van der Waals surface area contributed by atoms with E-state index in [-0.39, 0.29) is 17.3 Å². The quantitative estimate of drug-likeness (QED) is 0.573. The molecule has 0 radical (unpaired) electrons. The summed E-state index contributed by atoms with van der Waals surface area (Å²) in [7, 11) is -3.67. The minimum Gasteiger partial charge on any atom is -0.392 e. The van der Waals surface area contributed by atoms with Crippen molar-refractivity contribution < 1.29 is 22.2 Å². The molecule has 0 aromatic heterocycles. The molecule has 9 heteroatoms. The average Bonchev–Trinajstić information content (AvgIpc) is 2.37. The molecule has 0 aliphatic carbocycles. The highest BCUT2D eigenvalue weighted by molar-refractivity contribution is 7.95. The summed E-state index contributed by atoms with van der Waals surface area (Å²) >= 11 is 0.875. The summed E-state index contributed by atoms with van der Waals surface area (Å²) < 4.78 is 31.1. The number of anilines is 1. The van der Waals surface area contributed by atoms with Crippen LogP contribution in [0.2, 0.25) is 0 Å². The van der Waals surface area contributed by atoms with Crippen molar-refractivity contribution in [3.05, 3.63) is 24.3 Å². The highest BCUT2D eigenvalue weighted by Crippen LogP contribution is 2.15. The number of amides is 1. The van der Waals surface area contributed by atoms with Crippen molar-refractivity contribution in [1.29, 1.82) is 0 Å². The molecule has 0 bridgehead atoms. The molecule has 0 unspecified atom stereocenters. The van der Waals surface area contributed by atoms with Crippen LogP contribution in [0.15, 0.2) is 29.2 Å². The van der Waals surface area contributed by atoms with Gasteiger partial charge in [-0.3, -0.25) is 9.59 Å². The van der Waals surface area contributed by atoms with Gasteiger partial charge in [0.1, 0.15) is 0 Å². The second-order valence-electron chi connectivity index (χ2n) is 4.00. The standard InChI is InChI=1S/C12H16N2O5S2/c1-9(15)14-11-4-3-5-12(8-11)21(17,18)13-6-7-20-19-10(2)16/h3-5,8,13H,6-7H2,1-2H3,(H,14,15). The van der Waals surface area contributed by atoms with Gasteiger partial charge in [0.25, 0.3) is 0 Å². The van der Waals surface area contributed by atoms with Crippen LogP contribution in [-0.2, 0) is 23.8 Å². The van der Waals surface area contributed by atoms with Crippen molar-refractivity contribution >= 4 is 39.6 Å². The van der Waals surface area contributed by atoms with Gasteiger partial charge < -0.3 is 9.50 Å². The molecule has 7 nitrogen and oxygen atoms in total. The highest BCUT2D eigenvalue weighted by atomic mass is 32.2. The largest absolute Gasteiger partial charge is 0.392 e.